The molecular weight excluding hydrogens is 395 g/mol. The highest BCUT2D eigenvalue weighted by molar-refractivity contribution is 5.93. The predicted octanol–water partition coefficient (Wildman–Crippen LogP) is 3.77. The number of pyridine rings is 1. The summed E-state index contributed by atoms with van der Waals surface area (Å²) in [5, 5.41) is 3.73. The molecule has 7 heteroatoms. The molecular formula is C24H26FN4O2+. The first-order valence-corrected chi connectivity index (χ1v) is 11.0. The van der Waals surface area contributed by atoms with Gasteiger partial charge in [-0.15, -0.1) is 0 Å². The minimum absolute atomic E-state index is 0.123. The third-order valence-electron chi connectivity index (χ3n) is 6.44. The van der Waals surface area contributed by atoms with Gasteiger partial charge in [0, 0.05) is 29.9 Å². The number of ether oxygens (including phenoxy) is 2. The van der Waals surface area contributed by atoms with Crippen molar-refractivity contribution in [1.82, 2.24) is 9.38 Å². The largest absolute Gasteiger partial charge is 0.482 e. The Hall–Kier alpha value is -2.93. The van der Waals surface area contributed by atoms with Crippen LogP contribution in [0.15, 0.2) is 42.7 Å². The molecule has 6 rings (SSSR count). The van der Waals surface area contributed by atoms with Crippen LogP contribution >= 0.6 is 0 Å². The van der Waals surface area contributed by atoms with Gasteiger partial charge < -0.3 is 19.2 Å². The summed E-state index contributed by atoms with van der Waals surface area (Å²) in [6, 6.07) is 8.79. The van der Waals surface area contributed by atoms with Crippen molar-refractivity contribution in [2.24, 2.45) is 0 Å². The maximum atomic E-state index is 13.9. The summed E-state index contributed by atoms with van der Waals surface area (Å²) in [7, 11) is 0. The van der Waals surface area contributed by atoms with Crippen LogP contribution < -0.4 is 10.1 Å². The van der Waals surface area contributed by atoms with Gasteiger partial charge in [-0.05, 0) is 44.0 Å². The van der Waals surface area contributed by atoms with Crippen molar-refractivity contribution in [2.45, 2.75) is 37.8 Å². The molecule has 0 bridgehead atoms. The predicted molar refractivity (Wildman–Crippen MR) is 116 cm³/mol. The average molecular weight is 421 g/mol. The first-order chi connectivity index (χ1) is 15.2. The summed E-state index contributed by atoms with van der Waals surface area (Å²) >= 11 is 0. The van der Waals surface area contributed by atoms with Crippen LogP contribution in [0.1, 0.15) is 43.0 Å². The van der Waals surface area contributed by atoms with Crippen LogP contribution in [0, 0.1) is 5.82 Å². The van der Waals surface area contributed by atoms with Gasteiger partial charge in [0.25, 0.3) is 0 Å². The van der Waals surface area contributed by atoms with Crippen molar-refractivity contribution in [2.75, 3.05) is 31.6 Å². The van der Waals surface area contributed by atoms with E-state index in [0.29, 0.717) is 24.9 Å². The number of rotatable bonds is 3. The number of imidazole rings is 1. The van der Waals surface area contributed by atoms with Crippen LogP contribution in [0.2, 0.25) is 0 Å². The van der Waals surface area contributed by atoms with Crippen LogP contribution in [0.25, 0.3) is 5.65 Å². The van der Waals surface area contributed by atoms with Crippen LogP contribution in [0.4, 0.5) is 10.1 Å². The standard InChI is InChI=1S/C24H26FN4O2/c1-15-12-28(9-10-30-15)21-14-31-22-11-17(25)6-7-18(22)23(21)26-19-3-2-8-29-13-20(16-4-5-16)27-24(19)29/h2-3,6-8,11,13,15-16,23,26H,4-5,9-10,12,14H2,1H3/q+1/t15-,23+/m1/s1. The molecule has 2 aliphatic heterocycles. The Morgan fingerprint density at radius 2 is 2.16 bits per heavy atom. The van der Waals surface area contributed by atoms with Gasteiger partial charge in [-0.2, -0.15) is 0 Å². The van der Waals surface area contributed by atoms with E-state index in [-0.39, 0.29) is 18.0 Å². The van der Waals surface area contributed by atoms with Crippen molar-refractivity contribution in [3.63, 3.8) is 0 Å². The van der Waals surface area contributed by atoms with Crippen molar-refractivity contribution in [3.8, 4) is 5.75 Å². The van der Waals surface area contributed by atoms with E-state index in [9.17, 15) is 4.39 Å². The molecule has 1 saturated carbocycles. The number of aromatic nitrogens is 2. The van der Waals surface area contributed by atoms with Crippen molar-refractivity contribution in [3.05, 3.63) is 59.8 Å². The Morgan fingerprint density at radius 1 is 1.26 bits per heavy atom. The number of morpholine rings is 1. The number of anilines is 1. The second-order valence-electron chi connectivity index (χ2n) is 8.76. The number of nitrogens with zero attached hydrogens (tertiary/aromatic N) is 3. The minimum atomic E-state index is -0.287. The first kappa shape index (κ1) is 18.8. The van der Waals surface area contributed by atoms with Crippen LogP contribution in [-0.2, 0) is 4.74 Å². The summed E-state index contributed by atoms with van der Waals surface area (Å²) in [5.74, 6) is 0.901. The smallest absolute Gasteiger partial charge is 0.217 e. The van der Waals surface area contributed by atoms with Gasteiger partial charge >= 0.3 is 0 Å². The topological polar surface area (TPSA) is 50.8 Å². The molecule has 31 heavy (non-hydrogen) atoms. The molecule has 1 aromatic carbocycles. The number of halogens is 1. The molecule has 0 amide bonds. The lowest BCUT2D eigenvalue weighted by molar-refractivity contribution is -0.560. The van der Waals surface area contributed by atoms with E-state index in [1.54, 1.807) is 0 Å². The highest BCUT2D eigenvalue weighted by Gasteiger charge is 2.36. The lowest BCUT2D eigenvalue weighted by atomic mass is 9.97. The molecule has 0 radical (unpaired) electrons. The van der Waals surface area contributed by atoms with Crippen LogP contribution in [0.3, 0.4) is 0 Å². The lowest BCUT2D eigenvalue weighted by Crippen LogP contribution is -2.44. The Balaban J connectivity index is 1.44. The maximum absolute atomic E-state index is 13.9. The fraction of sp³-hybridized carbons (Fsp3) is 0.417. The Kier molecular flexibility index (Phi) is 4.45. The molecule has 3 aromatic rings. The average Bonchev–Trinajstić information content (AvgIpc) is 3.52. The van der Waals surface area contributed by atoms with Gasteiger partial charge in [-0.3, -0.25) is 0 Å². The van der Waals surface area contributed by atoms with Gasteiger partial charge in [0.15, 0.2) is 25.3 Å². The second-order valence-corrected chi connectivity index (χ2v) is 8.76. The molecule has 2 atom stereocenters. The van der Waals surface area contributed by atoms with Gasteiger partial charge in [-0.25, -0.2) is 13.9 Å². The van der Waals surface area contributed by atoms with Gasteiger partial charge in [0.05, 0.1) is 11.4 Å². The molecule has 160 valence electrons. The molecule has 1 N–H and O–H groups in total. The summed E-state index contributed by atoms with van der Waals surface area (Å²) in [6.07, 6.45) is 6.78. The van der Waals surface area contributed by atoms with Gasteiger partial charge in [-0.1, -0.05) is 0 Å². The summed E-state index contributed by atoms with van der Waals surface area (Å²) < 4.78 is 30.1. The molecule has 2 fully saturated rings. The number of hydrogen-bond acceptors (Lipinski definition) is 4. The van der Waals surface area contributed by atoms with E-state index in [4.69, 9.17) is 14.5 Å². The summed E-state index contributed by atoms with van der Waals surface area (Å²) in [4.78, 5) is 4.93. The van der Waals surface area contributed by atoms with E-state index < -0.39 is 0 Å². The first-order valence-electron chi connectivity index (χ1n) is 11.0. The van der Waals surface area contributed by atoms with Crippen molar-refractivity contribution in [1.29, 1.82) is 0 Å². The van der Waals surface area contributed by atoms with E-state index in [1.807, 2.05) is 18.3 Å². The molecule has 1 saturated heterocycles. The summed E-state index contributed by atoms with van der Waals surface area (Å²) in [6.45, 7) is 4.83. The minimum Gasteiger partial charge on any atom is -0.482 e. The fourth-order valence-corrected chi connectivity index (χ4v) is 4.68. The quantitative estimate of drug-likeness (QED) is 0.654. The Morgan fingerprint density at radius 3 is 3.00 bits per heavy atom. The van der Waals surface area contributed by atoms with Gasteiger partial charge in [0.2, 0.25) is 5.71 Å². The zero-order valence-electron chi connectivity index (χ0n) is 17.6. The lowest BCUT2D eigenvalue weighted by Gasteiger charge is -2.30. The fourth-order valence-electron chi connectivity index (χ4n) is 4.68. The molecule has 6 nitrogen and oxygen atoms in total. The Labute approximate surface area is 180 Å². The van der Waals surface area contributed by atoms with Gasteiger partial charge in [0.1, 0.15) is 30.3 Å². The second kappa shape index (κ2) is 7.34. The van der Waals surface area contributed by atoms with E-state index in [0.717, 1.165) is 41.4 Å². The maximum Gasteiger partial charge on any atom is 0.217 e. The third-order valence-corrected chi connectivity index (χ3v) is 6.44. The zero-order chi connectivity index (χ0) is 20.9. The molecule has 4 heterocycles. The SMILES string of the molecule is C[C@@H]1C[N+](=C2COc3cc(F)ccc3[C@@H]2Nc2cccn3cc(C4CC4)nc23)CCO1. The monoisotopic (exact) mass is 421 g/mol. The molecule has 1 aliphatic carbocycles. The number of nitrogens with one attached hydrogen (secondary N) is 1. The number of hydrogen-bond donors (Lipinski definition) is 1. The summed E-state index contributed by atoms with van der Waals surface area (Å²) in [5.41, 5.74) is 5.14. The van der Waals surface area contributed by atoms with Crippen molar-refractivity contribution >= 4 is 17.0 Å². The number of benzene rings is 1. The molecule has 0 unspecified atom stereocenters. The highest BCUT2D eigenvalue weighted by atomic mass is 19.1. The van der Waals surface area contributed by atoms with E-state index >= 15 is 0 Å². The molecule has 0 spiro atoms. The van der Waals surface area contributed by atoms with Crippen molar-refractivity contribution < 1.29 is 18.4 Å². The molecule has 3 aliphatic rings. The normalized spacial score (nSPS) is 25.9. The van der Waals surface area contributed by atoms with E-state index in [1.165, 1.54) is 25.0 Å². The molecule has 2 aromatic heterocycles. The van der Waals surface area contributed by atoms with Crippen LogP contribution in [0.5, 0.6) is 5.75 Å². The third kappa shape index (κ3) is 3.47. The zero-order valence-corrected chi connectivity index (χ0v) is 17.6. The van der Waals surface area contributed by atoms with E-state index in [2.05, 4.69) is 33.5 Å². The highest BCUT2D eigenvalue weighted by Crippen LogP contribution is 2.40. The van der Waals surface area contributed by atoms with Crippen LogP contribution in [-0.4, -0.2) is 52.1 Å². The number of fused-ring (bicyclic) bond motifs is 2. The Bertz CT molecular complexity index is 1180.